The Morgan fingerprint density at radius 3 is 0.887 bits per heavy atom. The van der Waals surface area contributed by atoms with Gasteiger partial charge in [0.1, 0.15) is 30.3 Å². The number of carbonyl (C=O) groups is 5. The van der Waals surface area contributed by atoms with Crippen LogP contribution in [0.2, 0.25) is 0 Å². The van der Waals surface area contributed by atoms with Gasteiger partial charge >= 0.3 is 5.97 Å². The fourth-order valence-electron chi connectivity index (χ4n) is 14.9. The molecule has 4 unspecified atom stereocenters. The molecule has 10 heteroatoms. The Bertz CT molecular complexity index is 1950. The Hall–Kier alpha value is -3.27. The van der Waals surface area contributed by atoms with Gasteiger partial charge in [0, 0.05) is 44.3 Å². The van der Waals surface area contributed by atoms with Crippen LogP contribution in [0.25, 0.3) is 0 Å². The molecule has 566 valence electrons. The Morgan fingerprint density at radius 2 is 0.608 bits per heavy atom. The molecule has 3 N–H and O–H groups in total. The van der Waals surface area contributed by atoms with Gasteiger partial charge in [-0.2, -0.15) is 0 Å². The summed E-state index contributed by atoms with van der Waals surface area (Å²) < 4.78 is 11.1. The van der Waals surface area contributed by atoms with E-state index in [-0.39, 0.29) is 36.8 Å². The first-order valence-electron chi connectivity index (χ1n) is 42.4. The molecule has 0 aliphatic rings. The summed E-state index contributed by atoms with van der Waals surface area (Å²) in [5.74, 6) is 4.05. The number of amides is 2. The Kier molecular flexibility index (Phi) is 63.6. The average Bonchev–Trinajstić information content (AvgIpc) is 0.882. The molecule has 10 nitrogen and oxygen atoms in total. The first kappa shape index (κ1) is 91.7. The molecule has 0 fully saturated rings. The lowest BCUT2D eigenvalue weighted by Crippen LogP contribution is -2.34. The zero-order valence-corrected chi connectivity index (χ0v) is 65.2. The number of Topliss-reactive ketones (excluding diaryl/α,β-unsaturated/α-hetero) is 2. The van der Waals surface area contributed by atoms with Crippen LogP contribution in [-0.2, 0) is 23.9 Å². The molecule has 4 atom stereocenters. The molecule has 0 aromatic heterocycles. The summed E-state index contributed by atoms with van der Waals surface area (Å²) in [6.07, 6.45) is 75.3. The van der Waals surface area contributed by atoms with Crippen molar-refractivity contribution < 1.29 is 38.6 Å². The fraction of sp³-hybridized carbons (Fsp3) is 0.874. The largest absolute Gasteiger partial charge is 0.490 e. The monoisotopic (exact) mass is 1360 g/mol. The van der Waals surface area contributed by atoms with E-state index in [4.69, 9.17) is 9.47 Å². The van der Waals surface area contributed by atoms with E-state index >= 15 is 0 Å². The van der Waals surface area contributed by atoms with E-state index in [1.165, 1.54) is 322 Å². The molecule has 97 heavy (non-hydrogen) atoms. The van der Waals surface area contributed by atoms with E-state index in [9.17, 15) is 29.1 Å². The summed E-state index contributed by atoms with van der Waals surface area (Å²) in [5, 5.41) is 16.1. The molecular formula is C87H160N2O8. The molecule has 0 radical (unpaired) electrons. The van der Waals surface area contributed by atoms with Crippen LogP contribution in [0.5, 0.6) is 5.75 Å². The zero-order chi connectivity index (χ0) is 70.8. The highest BCUT2D eigenvalue weighted by atomic mass is 16.6. The summed E-state index contributed by atoms with van der Waals surface area (Å²) in [4.78, 5) is 61.6. The van der Waals surface area contributed by atoms with E-state index in [1.54, 1.807) is 31.2 Å². The van der Waals surface area contributed by atoms with E-state index in [0.717, 1.165) is 81.5 Å². The second-order valence-electron chi connectivity index (χ2n) is 30.8. The van der Waals surface area contributed by atoms with Crippen molar-refractivity contribution in [3.63, 3.8) is 0 Å². The van der Waals surface area contributed by atoms with Gasteiger partial charge in [-0.3, -0.25) is 19.2 Å². The van der Waals surface area contributed by atoms with Crippen LogP contribution in [-0.4, -0.2) is 66.4 Å². The van der Waals surface area contributed by atoms with Crippen LogP contribution in [0, 0.1) is 23.7 Å². The minimum atomic E-state index is -1.43. The first-order valence-corrected chi connectivity index (χ1v) is 42.4. The Labute approximate surface area is 600 Å². The van der Waals surface area contributed by atoms with Gasteiger partial charge in [-0.1, -0.05) is 362 Å². The maximum atomic E-state index is 12.7. The molecule has 0 saturated heterocycles. The fourth-order valence-corrected chi connectivity index (χ4v) is 14.9. The lowest BCUT2D eigenvalue weighted by Gasteiger charge is -2.28. The first-order chi connectivity index (χ1) is 47.2. The van der Waals surface area contributed by atoms with Crippen LogP contribution in [0.3, 0.4) is 0 Å². The third kappa shape index (κ3) is 58.0. The van der Waals surface area contributed by atoms with Crippen molar-refractivity contribution in [1.29, 1.82) is 0 Å². The van der Waals surface area contributed by atoms with Crippen LogP contribution < -0.4 is 15.4 Å². The predicted molar refractivity (Wildman–Crippen MR) is 414 cm³/mol. The number of unbranched alkanes of at least 4 members (excludes halogenated alkanes) is 40. The van der Waals surface area contributed by atoms with Crippen molar-refractivity contribution in [1.82, 2.24) is 10.6 Å². The summed E-state index contributed by atoms with van der Waals surface area (Å²) in [7, 11) is 0. The van der Waals surface area contributed by atoms with Crippen LogP contribution in [0.4, 0.5) is 0 Å². The molecule has 1 aromatic rings. The molecule has 2 amide bonds. The number of benzene rings is 1. The number of esters is 1. The highest BCUT2D eigenvalue weighted by Gasteiger charge is 2.26. The summed E-state index contributed by atoms with van der Waals surface area (Å²) in [6, 6.07) is 6.66. The molecule has 1 aromatic carbocycles. The van der Waals surface area contributed by atoms with Gasteiger partial charge in [-0.15, -0.1) is 0 Å². The third-order valence-electron chi connectivity index (χ3n) is 21.1. The van der Waals surface area contributed by atoms with Crippen LogP contribution >= 0.6 is 0 Å². The molecule has 0 spiro atoms. The number of ketones is 2. The van der Waals surface area contributed by atoms with E-state index in [0.29, 0.717) is 49.4 Å². The van der Waals surface area contributed by atoms with Gasteiger partial charge < -0.3 is 30.0 Å². The van der Waals surface area contributed by atoms with E-state index in [2.05, 4.69) is 38.3 Å². The normalized spacial score (nSPS) is 12.9. The summed E-state index contributed by atoms with van der Waals surface area (Å²) in [5.41, 5.74) is -1.00. The van der Waals surface area contributed by atoms with Crippen molar-refractivity contribution >= 4 is 29.4 Å². The SMILES string of the molecule is CCCCCCCCC(CCCCCCCCC(C)=O)C(CCCCCCCC)CCCCCCCCC(=O)NCCNC(=O)CCCCCCCCC(CCCCCCCC)C(CCCCCCCC)CCCCCCCCC(=O)OCCOc1ccc(C(=O)C(C)(C)O)cc1. The maximum absolute atomic E-state index is 12.7. The van der Waals surface area contributed by atoms with Gasteiger partial charge in [0.2, 0.25) is 11.8 Å². The molecule has 0 aliphatic carbocycles. The number of ether oxygens (including phenoxy) is 2. The van der Waals surface area contributed by atoms with Gasteiger partial charge in [-0.25, -0.2) is 0 Å². The van der Waals surface area contributed by atoms with Crippen molar-refractivity contribution in [3.05, 3.63) is 29.8 Å². The molecule has 1 rings (SSSR count). The third-order valence-corrected chi connectivity index (χ3v) is 21.1. The molecule has 0 bridgehead atoms. The Morgan fingerprint density at radius 1 is 0.351 bits per heavy atom. The summed E-state index contributed by atoms with van der Waals surface area (Å²) >= 11 is 0. The quantitative estimate of drug-likeness (QED) is 0.0332. The van der Waals surface area contributed by atoms with Crippen LogP contribution in [0.15, 0.2) is 24.3 Å². The smallest absolute Gasteiger partial charge is 0.305 e. The lowest BCUT2D eigenvalue weighted by atomic mass is 9.78. The van der Waals surface area contributed by atoms with Gasteiger partial charge in [-0.05, 0) is 94.4 Å². The zero-order valence-electron chi connectivity index (χ0n) is 65.2. The lowest BCUT2D eigenvalue weighted by molar-refractivity contribution is -0.144. The number of nitrogens with one attached hydrogen (secondary N) is 2. The van der Waals surface area contributed by atoms with E-state index < -0.39 is 5.60 Å². The highest BCUT2D eigenvalue weighted by Crippen LogP contribution is 2.36. The van der Waals surface area contributed by atoms with Crippen molar-refractivity contribution in [3.8, 4) is 5.75 Å². The van der Waals surface area contributed by atoms with Crippen LogP contribution in [0.1, 0.15) is 444 Å². The Balaban J connectivity index is 2.45. The average molecular weight is 1360 g/mol. The van der Waals surface area contributed by atoms with Crippen molar-refractivity contribution in [2.75, 3.05) is 26.3 Å². The predicted octanol–water partition coefficient (Wildman–Crippen LogP) is 25.3. The number of rotatable bonds is 75. The number of aliphatic hydroxyl groups is 1. The molecular weight excluding hydrogens is 1200 g/mol. The second-order valence-corrected chi connectivity index (χ2v) is 30.8. The maximum Gasteiger partial charge on any atom is 0.305 e. The van der Waals surface area contributed by atoms with Crippen molar-refractivity contribution in [2.24, 2.45) is 23.7 Å². The highest BCUT2D eigenvalue weighted by molar-refractivity contribution is 6.01. The number of carbonyl (C=O) groups excluding carboxylic acids is 5. The van der Waals surface area contributed by atoms with Crippen molar-refractivity contribution in [2.45, 2.75) is 439 Å². The standard InChI is InChI=1S/C87H160N2O8/c1-8-12-16-20-33-45-57-77(61-49-37-25-24-32-44-56-76(5)90)78(58-46-34-21-17-13-9-2)62-50-38-26-29-41-53-65-83(91)88-72-73-89-84(92)66-54-42-30-27-39-51-63-79(59-47-35-22-18-14-10-3)80(60-48-36-23-19-15-11-4)64-52-40-28-31-43-55-67-85(93)97-75-74-96-82-70-68-81(69-71-82)86(94)87(6,7)95/h68-71,77-80,95H,8-67,72-75H2,1-7H3,(H,88,91)(H,89,92). The second kappa shape index (κ2) is 67.2. The topological polar surface area (TPSA) is 148 Å². The summed E-state index contributed by atoms with van der Waals surface area (Å²) in [6.45, 7) is 15.4. The van der Waals surface area contributed by atoms with Gasteiger partial charge in [0.15, 0.2) is 5.78 Å². The minimum Gasteiger partial charge on any atom is -0.490 e. The van der Waals surface area contributed by atoms with Gasteiger partial charge in [0.05, 0.1) is 0 Å². The molecule has 0 aliphatic heterocycles. The van der Waals surface area contributed by atoms with E-state index in [1.807, 2.05) is 0 Å². The number of hydrogen-bond acceptors (Lipinski definition) is 8. The number of hydrogen-bond donors (Lipinski definition) is 3. The molecule has 0 heterocycles. The van der Waals surface area contributed by atoms with Gasteiger partial charge in [0.25, 0.3) is 0 Å². The molecule has 0 saturated carbocycles. The minimum absolute atomic E-state index is 0.109.